The van der Waals surface area contributed by atoms with E-state index in [1.807, 2.05) is 0 Å². The molecule has 0 saturated heterocycles. The molecule has 1 heteroatoms. The quantitative estimate of drug-likeness (QED) is 0.699. The van der Waals surface area contributed by atoms with E-state index in [1.54, 1.807) is 0 Å². The highest BCUT2D eigenvalue weighted by Gasteiger charge is 2.16. The van der Waals surface area contributed by atoms with E-state index >= 15 is 0 Å². The molecule has 94 valence electrons. The number of hydrogen-bond acceptors (Lipinski definition) is 0. The topological polar surface area (TPSA) is 15.8 Å². The van der Waals surface area contributed by atoms with E-state index in [4.69, 9.17) is 0 Å². The van der Waals surface area contributed by atoms with E-state index in [0.717, 1.165) is 6.42 Å². The third kappa shape index (κ3) is 3.36. The highest BCUT2D eigenvalue weighted by atomic mass is 14.7. The standard InChI is InChI=1S/C16H25N/c1-7-9-14(12(3)8-2)15-10-13(11-17-15)16(4,5)6/h7,9-11,17H,8H2,1-6H3/b9-7-,14-12+. The fourth-order valence-electron chi connectivity index (χ4n) is 1.80. The van der Waals surface area contributed by atoms with Crippen LogP contribution < -0.4 is 0 Å². The number of H-pyrrole nitrogens is 1. The summed E-state index contributed by atoms with van der Waals surface area (Å²) in [5.41, 5.74) is 5.54. The molecule has 1 rings (SSSR count). The smallest absolute Gasteiger partial charge is 0.0456 e. The van der Waals surface area contributed by atoms with Gasteiger partial charge in [-0.05, 0) is 42.9 Å². The van der Waals surface area contributed by atoms with Gasteiger partial charge in [0.25, 0.3) is 0 Å². The maximum atomic E-state index is 3.40. The average molecular weight is 231 g/mol. The first kappa shape index (κ1) is 13.8. The second kappa shape index (κ2) is 5.39. The van der Waals surface area contributed by atoms with Crippen molar-refractivity contribution < 1.29 is 0 Å². The summed E-state index contributed by atoms with van der Waals surface area (Å²) in [6.07, 6.45) is 7.51. The van der Waals surface area contributed by atoms with Gasteiger partial charge in [0.15, 0.2) is 0 Å². The van der Waals surface area contributed by atoms with Crippen molar-refractivity contribution in [3.8, 4) is 0 Å². The van der Waals surface area contributed by atoms with Crippen LogP contribution in [0.1, 0.15) is 59.2 Å². The van der Waals surface area contributed by atoms with Gasteiger partial charge in [0.05, 0.1) is 0 Å². The second-order valence-electron chi connectivity index (χ2n) is 5.60. The molecule has 1 heterocycles. The summed E-state index contributed by atoms with van der Waals surface area (Å²) < 4.78 is 0. The summed E-state index contributed by atoms with van der Waals surface area (Å²) in [6.45, 7) is 13.2. The van der Waals surface area contributed by atoms with Gasteiger partial charge < -0.3 is 4.98 Å². The molecule has 0 saturated carbocycles. The molecule has 1 nitrogen and oxygen atoms in total. The van der Waals surface area contributed by atoms with Crippen LogP contribution in [-0.4, -0.2) is 4.98 Å². The monoisotopic (exact) mass is 231 g/mol. The molecule has 0 radical (unpaired) electrons. The predicted octanol–water partition coefficient (Wildman–Crippen LogP) is 5.07. The zero-order valence-electron chi connectivity index (χ0n) is 12.0. The number of rotatable bonds is 3. The molecule has 0 aliphatic carbocycles. The van der Waals surface area contributed by atoms with E-state index < -0.39 is 0 Å². The minimum atomic E-state index is 0.204. The Morgan fingerprint density at radius 1 is 1.35 bits per heavy atom. The first-order valence-corrected chi connectivity index (χ1v) is 6.41. The molecule has 0 amide bonds. The Kier molecular flexibility index (Phi) is 4.39. The summed E-state index contributed by atoms with van der Waals surface area (Å²) in [5, 5.41) is 0. The number of nitrogens with one attached hydrogen (secondary N) is 1. The van der Waals surface area contributed by atoms with Crippen molar-refractivity contribution in [2.24, 2.45) is 0 Å². The van der Waals surface area contributed by atoms with Crippen LogP contribution in [0, 0.1) is 0 Å². The highest BCUT2D eigenvalue weighted by Crippen LogP contribution is 2.27. The van der Waals surface area contributed by atoms with Crippen LogP contribution in [-0.2, 0) is 5.41 Å². The van der Waals surface area contributed by atoms with Gasteiger partial charge in [-0.2, -0.15) is 0 Å². The zero-order valence-corrected chi connectivity index (χ0v) is 12.0. The van der Waals surface area contributed by atoms with E-state index in [-0.39, 0.29) is 5.41 Å². The Morgan fingerprint density at radius 2 is 2.00 bits per heavy atom. The molecular formula is C16H25N. The molecule has 0 aliphatic heterocycles. The Balaban J connectivity index is 3.19. The number of aromatic amines is 1. The lowest BCUT2D eigenvalue weighted by atomic mass is 9.88. The fraction of sp³-hybridized carbons (Fsp3) is 0.500. The van der Waals surface area contributed by atoms with Gasteiger partial charge in [0.1, 0.15) is 0 Å². The fourth-order valence-corrected chi connectivity index (χ4v) is 1.80. The van der Waals surface area contributed by atoms with Crippen LogP contribution >= 0.6 is 0 Å². The lowest BCUT2D eigenvalue weighted by Crippen LogP contribution is -2.09. The van der Waals surface area contributed by atoms with Gasteiger partial charge in [-0.15, -0.1) is 0 Å². The third-order valence-electron chi connectivity index (χ3n) is 3.16. The lowest BCUT2D eigenvalue weighted by molar-refractivity contribution is 0.591. The van der Waals surface area contributed by atoms with E-state index in [1.165, 1.54) is 22.4 Å². The van der Waals surface area contributed by atoms with Crippen molar-refractivity contribution in [3.05, 3.63) is 41.2 Å². The molecule has 1 N–H and O–H groups in total. The van der Waals surface area contributed by atoms with Crippen LogP contribution in [0.3, 0.4) is 0 Å². The highest BCUT2D eigenvalue weighted by molar-refractivity contribution is 5.74. The number of aromatic nitrogens is 1. The SMILES string of the molecule is C/C=C\C(=C(\C)CC)c1cc(C(C)(C)C)c[nH]1. The van der Waals surface area contributed by atoms with Crippen LogP contribution in [0.2, 0.25) is 0 Å². The molecule has 0 atom stereocenters. The number of allylic oxidation sites excluding steroid dienone is 4. The number of hydrogen-bond donors (Lipinski definition) is 1. The van der Waals surface area contributed by atoms with Gasteiger partial charge in [-0.3, -0.25) is 0 Å². The predicted molar refractivity (Wildman–Crippen MR) is 77.2 cm³/mol. The van der Waals surface area contributed by atoms with Crippen LogP contribution in [0.4, 0.5) is 0 Å². The molecule has 0 spiro atoms. The minimum Gasteiger partial charge on any atom is -0.361 e. The molecular weight excluding hydrogens is 206 g/mol. The van der Waals surface area contributed by atoms with E-state index in [9.17, 15) is 0 Å². The Labute approximate surface area is 106 Å². The first-order valence-electron chi connectivity index (χ1n) is 6.41. The van der Waals surface area contributed by atoms with Gasteiger partial charge in [-0.25, -0.2) is 0 Å². The summed E-state index contributed by atoms with van der Waals surface area (Å²) in [7, 11) is 0. The Hall–Kier alpha value is -1.24. The van der Waals surface area contributed by atoms with Crippen molar-refractivity contribution >= 4 is 5.57 Å². The van der Waals surface area contributed by atoms with Gasteiger partial charge in [0.2, 0.25) is 0 Å². The molecule has 0 fully saturated rings. The Bertz CT molecular complexity index is 425. The summed E-state index contributed by atoms with van der Waals surface area (Å²) in [4.78, 5) is 3.40. The van der Waals surface area contributed by atoms with Crippen molar-refractivity contribution in [1.29, 1.82) is 0 Å². The van der Waals surface area contributed by atoms with Crippen LogP contribution in [0.15, 0.2) is 30.0 Å². The molecule has 17 heavy (non-hydrogen) atoms. The van der Waals surface area contributed by atoms with Gasteiger partial charge in [0, 0.05) is 11.9 Å². The molecule has 0 bridgehead atoms. The van der Waals surface area contributed by atoms with Crippen molar-refractivity contribution in [2.75, 3.05) is 0 Å². The van der Waals surface area contributed by atoms with E-state index in [0.29, 0.717) is 0 Å². The minimum absolute atomic E-state index is 0.204. The maximum Gasteiger partial charge on any atom is 0.0456 e. The van der Waals surface area contributed by atoms with Crippen molar-refractivity contribution in [2.45, 2.75) is 53.4 Å². The van der Waals surface area contributed by atoms with Crippen LogP contribution in [0.5, 0.6) is 0 Å². The maximum absolute atomic E-state index is 3.40. The van der Waals surface area contributed by atoms with Gasteiger partial charge >= 0.3 is 0 Å². The molecule has 1 aromatic heterocycles. The van der Waals surface area contributed by atoms with Crippen LogP contribution in [0.25, 0.3) is 5.57 Å². The summed E-state index contributed by atoms with van der Waals surface area (Å²) in [6, 6.07) is 2.27. The van der Waals surface area contributed by atoms with Crippen molar-refractivity contribution in [1.82, 2.24) is 4.98 Å². The first-order chi connectivity index (χ1) is 7.90. The second-order valence-corrected chi connectivity index (χ2v) is 5.60. The zero-order chi connectivity index (χ0) is 13.1. The normalized spacial score (nSPS) is 14.2. The largest absolute Gasteiger partial charge is 0.361 e. The van der Waals surface area contributed by atoms with Gasteiger partial charge in [-0.1, -0.05) is 45.4 Å². The third-order valence-corrected chi connectivity index (χ3v) is 3.16. The molecule has 1 aromatic rings. The van der Waals surface area contributed by atoms with Crippen molar-refractivity contribution in [3.63, 3.8) is 0 Å². The lowest BCUT2D eigenvalue weighted by Gasteiger charge is -2.15. The molecule has 0 aliphatic rings. The summed E-state index contributed by atoms with van der Waals surface area (Å²) >= 11 is 0. The van der Waals surface area contributed by atoms with E-state index in [2.05, 4.69) is 70.9 Å². The molecule has 0 unspecified atom stereocenters. The average Bonchev–Trinajstić information content (AvgIpc) is 2.73. The Morgan fingerprint density at radius 3 is 2.41 bits per heavy atom. The molecule has 0 aromatic carbocycles. The summed E-state index contributed by atoms with van der Waals surface area (Å²) in [5.74, 6) is 0.